The Morgan fingerprint density at radius 1 is 1.50 bits per heavy atom. The van der Waals surface area contributed by atoms with Crippen LogP contribution in [0.25, 0.3) is 0 Å². The Kier molecular flexibility index (Phi) is 6.10. The van der Waals surface area contributed by atoms with Gasteiger partial charge in [-0.1, -0.05) is 6.92 Å². The van der Waals surface area contributed by atoms with Crippen LogP contribution in [0.4, 0.5) is 0 Å². The zero-order valence-electron chi connectivity index (χ0n) is 10.1. The number of hydrogen-bond acceptors (Lipinski definition) is 4. The smallest absolute Gasteiger partial charge is 0.214 e. The second-order valence-corrected chi connectivity index (χ2v) is 7.25. The Hall–Kier alpha value is 0.220. The maximum atomic E-state index is 12.0. The van der Waals surface area contributed by atoms with Gasteiger partial charge < -0.3 is 5.32 Å². The summed E-state index contributed by atoms with van der Waals surface area (Å²) < 4.78 is 25.8. The molecule has 1 N–H and O–H groups in total. The predicted octanol–water partition coefficient (Wildman–Crippen LogP) is 0.753. The molecule has 0 aliphatic carbocycles. The topological polar surface area (TPSA) is 49.4 Å². The quantitative estimate of drug-likeness (QED) is 0.721. The summed E-state index contributed by atoms with van der Waals surface area (Å²) in [6, 6.07) is 0.155. The van der Waals surface area contributed by atoms with E-state index in [-0.39, 0.29) is 11.8 Å². The molecule has 0 amide bonds. The Morgan fingerprint density at radius 3 is 2.88 bits per heavy atom. The summed E-state index contributed by atoms with van der Waals surface area (Å²) in [7, 11) is -3.03. The Morgan fingerprint density at radius 2 is 2.25 bits per heavy atom. The largest absolute Gasteiger partial charge is 0.317 e. The standard InChI is InChI=1S/C10H22N2O2S2/c1-3-11-5-4-8-16(13,14)12-6-7-15-9-10(12)2/h10-11H,3-9H2,1-2H3. The van der Waals surface area contributed by atoms with E-state index in [0.717, 1.165) is 24.6 Å². The molecule has 0 aromatic rings. The molecule has 96 valence electrons. The molecule has 16 heavy (non-hydrogen) atoms. The van der Waals surface area contributed by atoms with E-state index in [9.17, 15) is 8.42 Å². The molecule has 1 heterocycles. The normalized spacial score (nSPS) is 23.5. The van der Waals surface area contributed by atoms with Gasteiger partial charge in [-0.2, -0.15) is 16.1 Å². The van der Waals surface area contributed by atoms with Crippen LogP contribution in [0.5, 0.6) is 0 Å². The number of rotatable bonds is 6. The lowest BCUT2D eigenvalue weighted by Crippen LogP contribution is -2.45. The van der Waals surface area contributed by atoms with Crippen LogP contribution in [0.1, 0.15) is 20.3 Å². The van der Waals surface area contributed by atoms with Crippen LogP contribution in [-0.2, 0) is 10.0 Å². The number of thioether (sulfide) groups is 1. The lowest BCUT2D eigenvalue weighted by molar-refractivity contribution is 0.367. The van der Waals surface area contributed by atoms with Gasteiger partial charge in [0, 0.05) is 24.1 Å². The molecule has 0 aromatic carbocycles. The zero-order chi connectivity index (χ0) is 12.0. The van der Waals surface area contributed by atoms with E-state index < -0.39 is 10.0 Å². The lowest BCUT2D eigenvalue weighted by atomic mass is 10.4. The van der Waals surface area contributed by atoms with Gasteiger partial charge in [-0.05, 0) is 26.4 Å². The van der Waals surface area contributed by atoms with Gasteiger partial charge in [-0.15, -0.1) is 0 Å². The Balaban J connectivity index is 2.42. The number of nitrogens with zero attached hydrogens (tertiary/aromatic N) is 1. The third-order valence-electron chi connectivity index (χ3n) is 2.67. The van der Waals surface area contributed by atoms with Gasteiger partial charge in [0.25, 0.3) is 0 Å². The Bertz CT molecular complexity index is 293. The van der Waals surface area contributed by atoms with E-state index in [4.69, 9.17) is 0 Å². The summed E-state index contributed by atoms with van der Waals surface area (Å²) in [5, 5.41) is 3.15. The maximum Gasteiger partial charge on any atom is 0.214 e. The van der Waals surface area contributed by atoms with E-state index in [2.05, 4.69) is 5.32 Å². The molecule has 1 rings (SSSR count). The van der Waals surface area contributed by atoms with E-state index in [1.54, 1.807) is 4.31 Å². The van der Waals surface area contributed by atoms with E-state index in [1.807, 2.05) is 25.6 Å². The average Bonchev–Trinajstić information content (AvgIpc) is 2.25. The van der Waals surface area contributed by atoms with Crippen molar-refractivity contribution in [3.63, 3.8) is 0 Å². The number of sulfonamides is 1. The second kappa shape index (κ2) is 6.83. The molecule has 1 atom stereocenters. The molecule has 1 unspecified atom stereocenters. The zero-order valence-corrected chi connectivity index (χ0v) is 11.7. The highest BCUT2D eigenvalue weighted by Crippen LogP contribution is 2.19. The minimum absolute atomic E-state index is 0.155. The van der Waals surface area contributed by atoms with Crippen LogP contribution in [-0.4, -0.2) is 55.7 Å². The Labute approximate surface area is 103 Å². The van der Waals surface area contributed by atoms with Crippen LogP contribution < -0.4 is 5.32 Å². The van der Waals surface area contributed by atoms with Crippen molar-refractivity contribution in [2.24, 2.45) is 0 Å². The van der Waals surface area contributed by atoms with Gasteiger partial charge in [0.2, 0.25) is 10.0 Å². The van der Waals surface area contributed by atoms with E-state index in [0.29, 0.717) is 13.0 Å². The summed E-state index contributed by atoms with van der Waals surface area (Å²) in [5.41, 5.74) is 0. The lowest BCUT2D eigenvalue weighted by Gasteiger charge is -2.31. The molecule has 0 saturated carbocycles. The van der Waals surface area contributed by atoms with Gasteiger partial charge in [0.1, 0.15) is 0 Å². The number of nitrogens with one attached hydrogen (secondary N) is 1. The van der Waals surface area contributed by atoms with Gasteiger partial charge in [-0.25, -0.2) is 8.42 Å². The first-order chi connectivity index (χ1) is 7.58. The van der Waals surface area contributed by atoms with Crippen molar-refractivity contribution in [1.29, 1.82) is 0 Å². The second-order valence-electron chi connectivity index (χ2n) is 4.06. The third kappa shape index (κ3) is 4.24. The monoisotopic (exact) mass is 266 g/mol. The molecule has 0 spiro atoms. The maximum absolute atomic E-state index is 12.0. The average molecular weight is 266 g/mol. The van der Waals surface area contributed by atoms with E-state index >= 15 is 0 Å². The van der Waals surface area contributed by atoms with E-state index in [1.165, 1.54) is 0 Å². The first-order valence-electron chi connectivity index (χ1n) is 5.86. The summed E-state index contributed by atoms with van der Waals surface area (Å²) in [6.45, 7) is 6.38. The fraction of sp³-hybridized carbons (Fsp3) is 1.00. The molecule has 1 saturated heterocycles. The van der Waals surface area contributed by atoms with Gasteiger partial charge >= 0.3 is 0 Å². The first kappa shape index (κ1) is 14.3. The third-order valence-corrected chi connectivity index (χ3v) is 5.92. The van der Waals surface area contributed by atoms with Gasteiger partial charge in [0.05, 0.1) is 5.75 Å². The van der Waals surface area contributed by atoms with Gasteiger partial charge in [-0.3, -0.25) is 0 Å². The van der Waals surface area contributed by atoms with Crippen LogP contribution in [0, 0.1) is 0 Å². The highest BCUT2D eigenvalue weighted by atomic mass is 32.2. The van der Waals surface area contributed by atoms with Crippen molar-refractivity contribution >= 4 is 21.8 Å². The van der Waals surface area contributed by atoms with Crippen LogP contribution in [0.3, 0.4) is 0 Å². The SMILES string of the molecule is CCNCCCS(=O)(=O)N1CCSCC1C. The minimum atomic E-state index is -3.03. The number of hydrogen-bond donors (Lipinski definition) is 1. The molecule has 1 aliphatic rings. The van der Waals surface area contributed by atoms with Crippen molar-refractivity contribution in [2.45, 2.75) is 26.3 Å². The molecule has 0 radical (unpaired) electrons. The summed E-state index contributed by atoms with van der Waals surface area (Å²) in [6.07, 6.45) is 0.701. The molecule has 1 fully saturated rings. The molecular weight excluding hydrogens is 244 g/mol. The van der Waals surface area contributed by atoms with Crippen molar-refractivity contribution in [3.05, 3.63) is 0 Å². The van der Waals surface area contributed by atoms with Crippen LogP contribution >= 0.6 is 11.8 Å². The molecule has 0 aromatic heterocycles. The van der Waals surface area contributed by atoms with Crippen molar-refractivity contribution in [1.82, 2.24) is 9.62 Å². The highest BCUT2D eigenvalue weighted by molar-refractivity contribution is 7.99. The van der Waals surface area contributed by atoms with Crippen molar-refractivity contribution in [2.75, 3.05) is 36.9 Å². The fourth-order valence-electron chi connectivity index (χ4n) is 1.80. The summed E-state index contributed by atoms with van der Waals surface area (Å²) in [5.74, 6) is 2.12. The van der Waals surface area contributed by atoms with Crippen molar-refractivity contribution in [3.8, 4) is 0 Å². The fourth-order valence-corrected chi connectivity index (χ4v) is 4.76. The van der Waals surface area contributed by atoms with Crippen LogP contribution in [0.15, 0.2) is 0 Å². The first-order valence-corrected chi connectivity index (χ1v) is 8.62. The summed E-state index contributed by atoms with van der Waals surface area (Å²) in [4.78, 5) is 0. The molecular formula is C10H22N2O2S2. The van der Waals surface area contributed by atoms with Crippen molar-refractivity contribution < 1.29 is 8.42 Å². The summed E-state index contributed by atoms with van der Waals surface area (Å²) >= 11 is 1.84. The predicted molar refractivity (Wildman–Crippen MR) is 70.4 cm³/mol. The minimum Gasteiger partial charge on any atom is -0.317 e. The molecule has 0 bridgehead atoms. The molecule has 4 nitrogen and oxygen atoms in total. The molecule has 1 aliphatic heterocycles. The highest BCUT2D eigenvalue weighted by Gasteiger charge is 2.28. The van der Waals surface area contributed by atoms with Crippen LogP contribution in [0.2, 0.25) is 0 Å². The molecule has 6 heteroatoms. The van der Waals surface area contributed by atoms with Gasteiger partial charge in [0.15, 0.2) is 0 Å².